The second-order valence-electron chi connectivity index (χ2n) is 5.52. The average Bonchev–Trinajstić information content (AvgIpc) is 2.96. The third-order valence-corrected chi connectivity index (χ3v) is 4.07. The Labute approximate surface area is 124 Å². The van der Waals surface area contributed by atoms with Gasteiger partial charge < -0.3 is 9.64 Å². The lowest BCUT2D eigenvalue weighted by molar-refractivity contribution is 0.0592. The monoisotopic (exact) mass is 287 g/mol. The van der Waals surface area contributed by atoms with Crippen molar-refractivity contribution in [1.29, 1.82) is 0 Å². The molecule has 3 heterocycles. The highest BCUT2D eigenvalue weighted by Crippen LogP contribution is 2.13. The number of rotatable bonds is 4. The Morgan fingerprint density at radius 3 is 2.86 bits per heavy atom. The van der Waals surface area contributed by atoms with Gasteiger partial charge in [0.1, 0.15) is 11.3 Å². The van der Waals surface area contributed by atoms with Crippen molar-refractivity contribution in [3.05, 3.63) is 35.8 Å². The van der Waals surface area contributed by atoms with Gasteiger partial charge in [0.15, 0.2) is 0 Å². The van der Waals surface area contributed by atoms with Gasteiger partial charge in [-0.2, -0.15) is 0 Å². The third kappa shape index (κ3) is 3.08. The number of pyridine rings is 1. The van der Waals surface area contributed by atoms with Crippen LogP contribution in [0.25, 0.3) is 5.65 Å². The molecule has 0 N–H and O–H groups in total. The van der Waals surface area contributed by atoms with Gasteiger partial charge in [0.05, 0.1) is 12.8 Å². The third-order valence-electron chi connectivity index (χ3n) is 4.07. The van der Waals surface area contributed by atoms with Crippen LogP contribution >= 0.6 is 0 Å². The van der Waals surface area contributed by atoms with E-state index in [1.807, 2.05) is 22.7 Å². The van der Waals surface area contributed by atoms with Gasteiger partial charge in [-0.15, -0.1) is 0 Å². The van der Waals surface area contributed by atoms with E-state index in [0.29, 0.717) is 5.69 Å². The number of imidazole rings is 1. The second-order valence-corrected chi connectivity index (χ2v) is 5.52. The van der Waals surface area contributed by atoms with Crippen LogP contribution in [0.4, 0.5) is 0 Å². The van der Waals surface area contributed by atoms with Crippen LogP contribution in [0.2, 0.25) is 0 Å². The van der Waals surface area contributed by atoms with E-state index >= 15 is 0 Å². The Balaban J connectivity index is 1.76. The fraction of sp³-hybridized carbons (Fsp3) is 0.500. The fourth-order valence-corrected chi connectivity index (χ4v) is 2.91. The number of hydrogen-bond acceptors (Lipinski definition) is 4. The van der Waals surface area contributed by atoms with E-state index < -0.39 is 0 Å². The summed E-state index contributed by atoms with van der Waals surface area (Å²) in [5, 5.41) is 0. The number of aromatic nitrogens is 2. The first kappa shape index (κ1) is 14.1. The number of nitrogens with zero attached hydrogens (tertiary/aromatic N) is 3. The first-order valence-electron chi connectivity index (χ1n) is 7.55. The summed E-state index contributed by atoms with van der Waals surface area (Å²) < 4.78 is 6.63. The summed E-state index contributed by atoms with van der Waals surface area (Å²) in [5.74, 6) is -0.333. The minimum absolute atomic E-state index is 0.333. The lowest BCUT2D eigenvalue weighted by Crippen LogP contribution is -2.31. The van der Waals surface area contributed by atoms with Gasteiger partial charge in [-0.3, -0.25) is 4.40 Å². The summed E-state index contributed by atoms with van der Waals surface area (Å²) in [5.41, 5.74) is 2.34. The van der Waals surface area contributed by atoms with Crippen LogP contribution in [-0.2, 0) is 11.2 Å². The number of ether oxygens (including phenoxy) is 1. The molecule has 0 atom stereocenters. The van der Waals surface area contributed by atoms with Crippen LogP contribution < -0.4 is 0 Å². The Morgan fingerprint density at radius 2 is 2.10 bits per heavy atom. The number of carbonyl (C=O) groups excluding carboxylic acids is 1. The number of methoxy groups -OCH3 is 1. The van der Waals surface area contributed by atoms with E-state index in [2.05, 4.69) is 9.88 Å². The number of likely N-dealkylation sites (tertiary alicyclic amines) is 1. The van der Waals surface area contributed by atoms with Gasteiger partial charge in [0.2, 0.25) is 0 Å². The molecule has 2 aromatic rings. The Hall–Kier alpha value is -1.88. The quantitative estimate of drug-likeness (QED) is 0.808. The summed E-state index contributed by atoms with van der Waals surface area (Å²) in [4.78, 5) is 18.9. The molecule has 3 rings (SSSR count). The van der Waals surface area contributed by atoms with Crippen LogP contribution in [0, 0.1) is 0 Å². The van der Waals surface area contributed by atoms with Crippen molar-refractivity contribution in [2.45, 2.75) is 25.7 Å². The van der Waals surface area contributed by atoms with Crippen molar-refractivity contribution in [3.8, 4) is 0 Å². The molecule has 1 saturated heterocycles. The van der Waals surface area contributed by atoms with Crippen molar-refractivity contribution in [2.75, 3.05) is 26.7 Å². The number of carbonyl (C=O) groups is 1. The molecule has 0 saturated carbocycles. The smallest absolute Gasteiger partial charge is 0.355 e. The maximum Gasteiger partial charge on any atom is 0.355 e. The van der Waals surface area contributed by atoms with Crippen LogP contribution in [0.1, 0.15) is 35.4 Å². The highest BCUT2D eigenvalue weighted by atomic mass is 16.5. The van der Waals surface area contributed by atoms with Crippen molar-refractivity contribution < 1.29 is 9.53 Å². The molecule has 5 nitrogen and oxygen atoms in total. The van der Waals surface area contributed by atoms with Crippen molar-refractivity contribution in [3.63, 3.8) is 0 Å². The zero-order valence-corrected chi connectivity index (χ0v) is 12.4. The van der Waals surface area contributed by atoms with Gasteiger partial charge in [-0.05, 0) is 38.1 Å². The standard InChI is InChI=1S/C16H21N3O2/c1-21-16(20)14-6-5-7-15-17-13(12-19(14)15)8-11-18-9-3-2-4-10-18/h5-7,12H,2-4,8-11H2,1H3. The SMILES string of the molecule is COC(=O)c1cccc2nc(CCN3CCCCC3)cn12. The number of piperidine rings is 1. The largest absolute Gasteiger partial charge is 0.464 e. The zero-order chi connectivity index (χ0) is 14.7. The molecule has 112 valence electrons. The maximum atomic E-state index is 11.8. The Morgan fingerprint density at radius 1 is 1.29 bits per heavy atom. The van der Waals surface area contributed by atoms with Crippen LogP contribution in [0.15, 0.2) is 24.4 Å². The molecule has 0 bridgehead atoms. The molecule has 1 fully saturated rings. The predicted molar refractivity (Wildman–Crippen MR) is 80.5 cm³/mol. The summed E-state index contributed by atoms with van der Waals surface area (Å²) in [7, 11) is 1.40. The molecule has 0 unspecified atom stereocenters. The molecule has 0 amide bonds. The predicted octanol–water partition coefficient (Wildman–Crippen LogP) is 2.15. The Bertz CT molecular complexity index is 629. The summed E-state index contributed by atoms with van der Waals surface area (Å²) in [6, 6.07) is 5.51. The maximum absolute atomic E-state index is 11.8. The summed E-state index contributed by atoms with van der Waals surface area (Å²) in [6.45, 7) is 3.43. The molecule has 21 heavy (non-hydrogen) atoms. The fourth-order valence-electron chi connectivity index (χ4n) is 2.91. The molecule has 1 aliphatic heterocycles. The first-order valence-corrected chi connectivity index (χ1v) is 7.55. The van der Waals surface area contributed by atoms with Crippen LogP contribution in [0.3, 0.4) is 0 Å². The minimum atomic E-state index is -0.333. The van der Waals surface area contributed by atoms with E-state index in [9.17, 15) is 4.79 Å². The summed E-state index contributed by atoms with van der Waals surface area (Å²) in [6.07, 6.45) is 6.83. The average molecular weight is 287 g/mol. The lowest BCUT2D eigenvalue weighted by atomic mass is 10.1. The number of esters is 1. The van der Waals surface area contributed by atoms with Crippen LogP contribution in [-0.4, -0.2) is 47.0 Å². The van der Waals surface area contributed by atoms with E-state index in [-0.39, 0.29) is 5.97 Å². The van der Waals surface area contributed by atoms with Gasteiger partial charge in [-0.1, -0.05) is 12.5 Å². The normalized spacial score (nSPS) is 16.2. The molecule has 2 aromatic heterocycles. The van der Waals surface area contributed by atoms with E-state index in [0.717, 1.165) is 24.3 Å². The van der Waals surface area contributed by atoms with Gasteiger partial charge in [0.25, 0.3) is 0 Å². The topological polar surface area (TPSA) is 46.8 Å². The van der Waals surface area contributed by atoms with Crippen molar-refractivity contribution in [1.82, 2.24) is 14.3 Å². The lowest BCUT2D eigenvalue weighted by Gasteiger charge is -2.25. The van der Waals surface area contributed by atoms with Gasteiger partial charge >= 0.3 is 5.97 Å². The molecule has 1 aliphatic rings. The molecule has 0 aliphatic carbocycles. The molecule has 0 radical (unpaired) electrons. The van der Waals surface area contributed by atoms with Gasteiger partial charge in [0, 0.05) is 19.2 Å². The zero-order valence-electron chi connectivity index (χ0n) is 12.4. The molecular weight excluding hydrogens is 266 g/mol. The number of hydrogen-bond donors (Lipinski definition) is 0. The Kier molecular flexibility index (Phi) is 4.20. The molecule has 0 aromatic carbocycles. The number of fused-ring (bicyclic) bond motifs is 1. The van der Waals surface area contributed by atoms with Gasteiger partial charge in [-0.25, -0.2) is 9.78 Å². The van der Waals surface area contributed by atoms with Crippen LogP contribution in [0.5, 0.6) is 0 Å². The van der Waals surface area contributed by atoms with Crippen molar-refractivity contribution in [2.24, 2.45) is 0 Å². The molecule has 0 spiro atoms. The van der Waals surface area contributed by atoms with E-state index in [1.165, 1.54) is 39.5 Å². The summed E-state index contributed by atoms with van der Waals surface area (Å²) >= 11 is 0. The van der Waals surface area contributed by atoms with Crippen molar-refractivity contribution >= 4 is 11.6 Å². The van der Waals surface area contributed by atoms with E-state index in [4.69, 9.17) is 4.74 Å². The minimum Gasteiger partial charge on any atom is -0.464 e. The molecular formula is C16H21N3O2. The first-order chi connectivity index (χ1) is 10.3. The van der Waals surface area contributed by atoms with E-state index in [1.54, 1.807) is 6.07 Å². The molecule has 5 heteroatoms. The highest BCUT2D eigenvalue weighted by molar-refractivity contribution is 5.88. The second kappa shape index (κ2) is 6.26. The highest BCUT2D eigenvalue weighted by Gasteiger charge is 2.14.